The first kappa shape index (κ1) is 9.04. The molecule has 0 heterocycles. The summed E-state index contributed by atoms with van der Waals surface area (Å²) in [6.07, 6.45) is 4.04. The number of aliphatic carboxylic acids is 1. The molecule has 0 amide bonds. The number of fused-ring (bicyclic) bond motifs is 2. The summed E-state index contributed by atoms with van der Waals surface area (Å²) in [6, 6.07) is 0. The predicted molar refractivity (Wildman–Crippen MR) is 50.4 cm³/mol. The van der Waals surface area contributed by atoms with E-state index in [0.717, 1.165) is 24.7 Å². The van der Waals surface area contributed by atoms with E-state index in [-0.39, 0.29) is 0 Å². The molecule has 3 aliphatic rings. The van der Waals surface area contributed by atoms with Crippen molar-refractivity contribution in [1.82, 2.24) is 0 Å². The maximum Gasteiger partial charge on any atom is 0.303 e. The van der Waals surface area contributed by atoms with Gasteiger partial charge in [-0.1, -0.05) is 13.8 Å². The van der Waals surface area contributed by atoms with Crippen LogP contribution in [-0.4, -0.2) is 11.1 Å². The second-order valence-corrected chi connectivity index (χ2v) is 5.39. The lowest BCUT2D eigenvalue weighted by Crippen LogP contribution is -2.50. The van der Waals surface area contributed by atoms with Gasteiger partial charge in [-0.25, -0.2) is 0 Å². The summed E-state index contributed by atoms with van der Waals surface area (Å²) in [7, 11) is 0. The van der Waals surface area contributed by atoms with Crippen molar-refractivity contribution in [2.24, 2.45) is 23.2 Å². The zero-order valence-corrected chi connectivity index (χ0v) is 8.42. The minimum Gasteiger partial charge on any atom is -0.481 e. The Morgan fingerprint density at radius 2 is 1.85 bits per heavy atom. The van der Waals surface area contributed by atoms with E-state index in [1.54, 1.807) is 0 Å². The van der Waals surface area contributed by atoms with E-state index in [0.29, 0.717) is 17.8 Å². The van der Waals surface area contributed by atoms with Gasteiger partial charge in [0.05, 0.1) is 0 Å². The zero-order chi connectivity index (χ0) is 9.64. The van der Waals surface area contributed by atoms with Crippen molar-refractivity contribution in [2.45, 2.75) is 39.5 Å². The topological polar surface area (TPSA) is 37.3 Å². The number of hydrogen-bond donors (Lipinski definition) is 1. The molecular weight excluding hydrogens is 164 g/mol. The molecule has 0 spiro atoms. The van der Waals surface area contributed by atoms with Crippen LogP contribution in [0.2, 0.25) is 0 Å². The summed E-state index contributed by atoms with van der Waals surface area (Å²) in [5.74, 6) is 1.45. The summed E-state index contributed by atoms with van der Waals surface area (Å²) in [5, 5.41) is 8.70. The highest BCUT2D eigenvalue weighted by molar-refractivity contribution is 5.67. The quantitative estimate of drug-likeness (QED) is 0.712. The highest BCUT2D eigenvalue weighted by Crippen LogP contribution is 2.61. The van der Waals surface area contributed by atoms with Crippen molar-refractivity contribution in [1.29, 1.82) is 0 Å². The maximum atomic E-state index is 10.6. The molecule has 0 aliphatic heterocycles. The first-order valence-electron chi connectivity index (χ1n) is 5.22. The molecule has 2 bridgehead atoms. The first-order chi connectivity index (χ1) is 6.00. The molecule has 13 heavy (non-hydrogen) atoms. The molecule has 0 aromatic carbocycles. The fraction of sp³-hybridized carbons (Fsp3) is 0.909. The number of carbonyl (C=O) groups is 1. The lowest BCUT2D eigenvalue weighted by molar-refractivity contribution is -0.142. The van der Waals surface area contributed by atoms with Gasteiger partial charge in [0.25, 0.3) is 0 Å². The maximum absolute atomic E-state index is 10.6. The highest BCUT2D eigenvalue weighted by atomic mass is 16.4. The van der Waals surface area contributed by atoms with Crippen molar-refractivity contribution in [3.8, 4) is 0 Å². The Bertz CT molecular complexity index is 218. The normalized spacial score (nSPS) is 40.9. The van der Waals surface area contributed by atoms with Crippen molar-refractivity contribution < 1.29 is 9.90 Å². The van der Waals surface area contributed by atoms with Crippen LogP contribution in [0.25, 0.3) is 0 Å². The van der Waals surface area contributed by atoms with Crippen LogP contribution >= 0.6 is 0 Å². The molecule has 0 saturated heterocycles. The van der Waals surface area contributed by atoms with Gasteiger partial charge >= 0.3 is 5.97 Å². The Kier molecular flexibility index (Phi) is 1.90. The second kappa shape index (κ2) is 2.73. The van der Waals surface area contributed by atoms with Crippen molar-refractivity contribution in [3.05, 3.63) is 0 Å². The average molecular weight is 182 g/mol. The van der Waals surface area contributed by atoms with E-state index in [9.17, 15) is 4.79 Å². The van der Waals surface area contributed by atoms with Gasteiger partial charge in [0.2, 0.25) is 0 Å². The largest absolute Gasteiger partial charge is 0.481 e. The molecule has 2 nitrogen and oxygen atoms in total. The fourth-order valence-corrected chi connectivity index (χ4v) is 3.24. The van der Waals surface area contributed by atoms with Crippen LogP contribution < -0.4 is 0 Å². The SMILES string of the molecule is CC1(C)[C@@H]2CC(CC(=O)O)C[C@H]1C2. The van der Waals surface area contributed by atoms with Gasteiger partial charge in [-0.2, -0.15) is 0 Å². The Morgan fingerprint density at radius 1 is 1.31 bits per heavy atom. The standard InChI is InChI=1S/C11H18O2/c1-11(2)8-3-7(5-10(12)13)4-9(11)6-8/h7-9H,3-6H2,1-2H3,(H,12,13)/t7?,8-,9+. The van der Waals surface area contributed by atoms with Crippen LogP contribution in [0.5, 0.6) is 0 Å². The minimum absolute atomic E-state index is 0.392. The summed E-state index contributed by atoms with van der Waals surface area (Å²) in [5.41, 5.74) is 0.509. The van der Waals surface area contributed by atoms with Gasteiger partial charge in [0.15, 0.2) is 0 Å². The van der Waals surface area contributed by atoms with Gasteiger partial charge in [-0.3, -0.25) is 4.79 Å². The smallest absolute Gasteiger partial charge is 0.303 e. The number of carboxylic acids is 1. The molecule has 1 unspecified atom stereocenters. The molecule has 2 heteroatoms. The molecule has 0 aromatic heterocycles. The number of rotatable bonds is 2. The van der Waals surface area contributed by atoms with Crippen LogP contribution in [0.3, 0.4) is 0 Å². The molecule has 3 fully saturated rings. The molecular formula is C11H18O2. The van der Waals surface area contributed by atoms with Gasteiger partial charge < -0.3 is 5.11 Å². The van der Waals surface area contributed by atoms with Gasteiger partial charge in [0.1, 0.15) is 0 Å². The Labute approximate surface area is 79.3 Å². The molecule has 3 rings (SSSR count). The van der Waals surface area contributed by atoms with E-state index in [4.69, 9.17) is 5.11 Å². The van der Waals surface area contributed by atoms with E-state index in [1.807, 2.05) is 0 Å². The van der Waals surface area contributed by atoms with E-state index >= 15 is 0 Å². The van der Waals surface area contributed by atoms with Crippen LogP contribution in [0.1, 0.15) is 39.5 Å². The highest BCUT2D eigenvalue weighted by Gasteiger charge is 2.52. The van der Waals surface area contributed by atoms with Gasteiger partial charge in [-0.05, 0) is 42.4 Å². The summed E-state index contributed by atoms with van der Waals surface area (Å²) in [4.78, 5) is 10.6. The number of carboxylic acid groups (broad SMARTS) is 1. The fourth-order valence-electron chi connectivity index (χ4n) is 3.24. The lowest BCUT2D eigenvalue weighted by Gasteiger charge is -2.58. The third-order valence-electron chi connectivity index (χ3n) is 4.37. The molecule has 1 N–H and O–H groups in total. The third-order valence-corrected chi connectivity index (χ3v) is 4.37. The van der Waals surface area contributed by atoms with E-state index < -0.39 is 5.97 Å². The number of hydrogen-bond acceptors (Lipinski definition) is 1. The summed E-state index contributed by atoms with van der Waals surface area (Å²) < 4.78 is 0. The molecule has 3 atom stereocenters. The van der Waals surface area contributed by atoms with Crippen molar-refractivity contribution in [3.63, 3.8) is 0 Å². The molecule has 3 aliphatic carbocycles. The minimum atomic E-state index is -0.621. The van der Waals surface area contributed by atoms with Crippen LogP contribution in [0.4, 0.5) is 0 Å². The average Bonchev–Trinajstić information content (AvgIpc) is 2.03. The third kappa shape index (κ3) is 1.36. The van der Waals surface area contributed by atoms with Gasteiger partial charge in [0, 0.05) is 6.42 Å². The monoisotopic (exact) mass is 182 g/mol. The van der Waals surface area contributed by atoms with Gasteiger partial charge in [-0.15, -0.1) is 0 Å². The second-order valence-electron chi connectivity index (χ2n) is 5.39. The van der Waals surface area contributed by atoms with Crippen LogP contribution in [0, 0.1) is 23.2 Å². The Morgan fingerprint density at radius 3 is 2.23 bits per heavy atom. The zero-order valence-electron chi connectivity index (χ0n) is 8.42. The lowest BCUT2D eigenvalue weighted by atomic mass is 9.46. The van der Waals surface area contributed by atoms with Crippen molar-refractivity contribution in [2.75, 3.05) is 0 Å². The molecule has 74 valence electrons. The molecule has 0 aromatic rings. The van der Waals surface area contributed by atoms with Crippen molar-refractivity contribution >= 4 is 5.97 Å². The summed E-state index contributed by atoms with van der Waals surface area (Å²) >= 11 is 0. The van der Waals surface area contributed by atoms with E-state index in [1.165, 1.54) is 6.42 Å². The van der Waals surface area contributed by atoms with Crippen LogP contribution in [0.15, 0.2) is 0 Å². The molecule has 0 radical (unpaired) electrons. The van der Waals surface area contributed by atoms with Crippen LogP contribution in [-0.2, 0) is 4.79 Å². The summed E-state index contributed by atoms with van der Waals surface area (Å²) in [6.45, 7) is 4.67. The Balaban J connectivity index is 1.93. The first-order valence-corrected chi connectivity index (χ1v) is 5.22. The predicted octanol–water partition coefficient (Wildman–Crippen LogP) is 2.53. The Hall–Kier alpha value is -0.530. The molecule has 3 saturated carbocycles. The van der Waals surface area contributed by atoms with E-state index in [2.05, 4.69) is 13.8 Å².